The summed E-state index contributed by atoms with van der Waals surface area (Å²) in [7, 11) is 5.35. The van der Waals surface area contributed by atoms with Gasteiger partial charge in [-0.15, -0.1) is 0 Å². The maximum Gasteiger partial charge on any atom is 0.253 e. The summed E-state index contributed by atoms with van der Waals surface area (Å²) >= 11 is 0. The molecule has 0 unspecified atom stereocenters. The third-order valence-electron chi connectivity index (χ3n) is 4.92. The number of aromatic nitrogens is 3. The number of carbonyl (C=O) groups is 1. The molecule has 0 saturated heterocycles. The van der Waals surface area contributed by atoms with Crippen molar-refractivity contribution in [3.05, 3.63) is 48.2 Å². The van der Waals surface area contributed by atoms with E-state index in [2.05, 4.69) is 10.3 Å². The maximum absolute atomic E-state index is 13.0. The van der Waals surface area contributed by atoms with Gasteiger partial charge in [-0.05, 0) is 44.4 Å². The van der Waals surface area contributed by atoms with Crippen LogP contribution in [0.4, 0.5) is 0 Å². The number of hydrogen-bond donors (Lipinski definition) is 2. The number of fused-ring (bicyclic) bond motifs is 4. The molecule has 0 spiro atoms. The summed E-state index contributed by atoms with van der Waals surface area (Å²) in [4.78, 5) is 28.7. The molecule has 1 atom stereocenters. The highest BCUT2D eigenvalue weighted by atomic mass is 16.5. The van der Waals surface area contributed by atoms with Crippen LogP contribution in [0.3, 0.4) is 0 Å². The van der Waals surface area contributed by atoms with Gasteiger partial charge in [-0.25, -0.2) is 15.0 Å². The summed E-state index contributed by atoms with van der Waals surface area (Å²) < 4.78 is 5.36. The second-order valence-corrected chi connectivity index (χ2v) is 7.36. The fourth-order valence-electron chi connectivity index (χ4n) is 3.59. The van der Waals surface area contributed by atoms with Crippen LogP contribution < -0.4 is 10.1 Å². The van der Waals surface area contributed by atoms with Crippen LogP contribution in [-0.2, 0) is 0 Å². The van der Waals surface area contributed by atoms with E-state index < -0.39 is 0 Å². The fraction of sp³-hybridized carbons (Fsp3) is 0.273. The quantitative estimate of drug-likeness (QED) is 0.374. The van der Waals surface area contributed by atoms with Crippen LogP contribution in [0.1, 0.15) is 10.4 Å². The average molecular weight is 405 g/mol. The summed E-state index contributed by atoms with van der Waals surface area (Å²) in [5, 5.41) is 14.2. The van der Waals surface area contributed by atoms with Crippen molar-refractivity contribution in [3.63, 3.8) is 0 Å². The molecule has 30 heavy (non-hydrogen) atoms. The topological polar surface area (TPSA) is 100 Å². The first-order chi connectivity index (χ1) is 14.5. The molecule has 8 heteroatoms. The van der Waals surface area contributed by atoms with E-state index in [0.29, 0.717) is 34.5 Å². The Balaban J connectivity index is 1.86. The van der Waals surface area contributed by atoms with Gasteiger partial charge in [-0.3, -0.25) is 4.79 Å². The number of nitrogens with zero attached hydrogens (tertiary/aromatic N) is 4. The molecule has 1 amide bonds. The van der Waals surface area contributed by atoms with Gasteiger partial charge in [0.15, 0.2) is 0 Å². The first kappa shape index (κ1) is 19.9. The molecule has 0 aliphatic rings. The van der Waals surface area contributed by atoms with Crippen molar-refractivity contribution in [1.29, 1.82) is 0 Å². The molecule has 4 aromatic rings. The van der Waals surface area contributed by atoms with Gasteiger partial charge in [-0.2, -0.15) is 0 Å². The number of hydrogen-bond acceptors (Lipinski definition) is 7. The van der Waals surface area contributed by atoms with E-state index in [1.807, 2.05) is 43.3 Å². The first-order valence-electron chi connectivity index (χ1n) is 9.60. The van der Waals surface area contributed by atoms with E-state index >= 15 is 0 Å². The summed E-state index contributed by atoms with van der Waals surface area (Å²) in [5.41, 5.74) is 2.95. The summed E-state index contributed by atoms with van der Waals surface area (Å²) in [6.45, 7) is 0.375. The van der Waals surface area contributed by atoms with Crippen LogP contribution in [0.2, 0.25) is 0 Å². The summed E-state index contributed by atoms with van der Waals surface area (Å²) in [6.07, 6.45) is 1.66. The number of nitrogens with one attached hydrogen (secondary N) is 1. The number of amides is 1. The Labute approximate surface area is 173 Å². The van der Waals surface area contributed by atoms with E-state index in [9.17, 15) is 9.90 Å². The van der Waals surface area contributed by atoms with Crippen molar-refractivity contribution >= 4 is 38.7 Å². The van der Waals surface area contributed by atoms with Crippen LogP contribution in [-0.4, -0.2) is 71.3 Å². The van der Waals surface area contributed by atoms with Gasteiger partial charge in [0.05, 0.1) is 41.9 Å². The number of pyridine rings is 1. The van der Waals surface area contributed by atoms with Gasteiger partial charge in [0.25, 0.3) is 5.91 Å². The van der Waals surface area contributed by atoms with Crippen molar-refractivity contribution in [1.82, 2.24) is 25.2 Å². The molecule has 0 aliphatic heterocycles. The average Bonchev–Trinajstić information content (AvgIpc) is 2.75. The second kappa shape index (κ2) is 8.17. The molecule has 0 bridgehead atoms. The van der Waals surface area contributed by atoms with Gasteiger partial charge in [0.1, 0.15) is 5.52 Å². The molecule has 0 radical (unpaired) electrons. The molecule has 0 fully saturated rings. The highest BCUT2D eigenvalue weighted by molar-refractivity contribution is 6.10. The van der Waals surface area contributed by atoms with Crippen molar-refractivity contribution in [2.45, 2.75) is 6.04 Å². The number of benzene rings is 2. The molecule has 2 aromatic carbocycles. The molecule has 0 aliphatic carbocycles. The van der Waals surface area contributed by atoms with Gasteiger partial charge in [0.2, 0.25) is 5.88 Å². The molecule has 0 saturated carbocycles. The lowest BCUT2D eigenvalue weighted by Crippen LogP contribution is -2.44. The number of methoxy groups -OCH3 is 1. The van der Waals surface area contributed by atoms with Crippen LogP contribution in [0.15, 0.2) is 42.6 Å². The van der Waals surface area contributed by atoms with E-state index in [1.54, 1.807) is 25.4 Å². The van der Waals surface area contributed by atoms with Gasteiger partial charge in [0, 0.05) is 23.5 Å². The minimum atomic E-state index is -0.382. The predicted octanol–water partition coefficient (Wildman–Crippen LogP) is 1.99. The molecule has 4 rings (SSSR count). The number of ether oxygens (including phenoxy) is 1. The lowest BCUT2D eigenvalue weighted by atomic mass is 10.1. The van der Waals surface area contributed by atoms with E-state index in [0.717, 1.165) is 16.3 Å². The fourth-order valence-corrected chi connectivity index (χ4v) is 3.59. The first-order valence-corrected chi connectivity index (χ1v) is 9.60. The SMILES string of the molecule is COc1nccc2c1ccc1nc3cccc(C(=O)N[C@H](CO)CN(C)C)c3nc12. The van der Waals surface area contributed by atoms with E-state index in [-0.39, 0.29) is 18.6 Å². The Morgan fingerprint density at radius 3 is 2.63 bits per heavy atom. The summed E-state index contributed by atoms with van der Waals surface area (Å²) in [6, 6.07) is 10.6. The van der Waals surface area contributed by atoms with Gasteiger partial charge in [-0.1, -0.05) is 6.07 Å². The number of rotatable bonds is 6. The number of carbonyl (C=O) groups excluding carboxylic acids is 1. The highest BCUT2D eigenvalue weighted by Gasteiger charge is 2.18. The molecular weight excluding hydrogens is 382 g/mol. The molecular formula is C22H23N5O3. The van der Waals surface area contributed by atoms with Gasteiger partial charge < -0.3 is 20.1 Å². The van der Waals surface area contributed by atoms with Gasteiger partial charge >= 0.3 is 0 Å². The predicted molar refractivity (Wildman–Crippen MR) is 116 cm³/mol. The Kier molecular flexibility index (Phi) is 5.43. The largest absolute Gasteiger partial charge is 0.481 e. The lowest BCUT2D eigenvalue weighted by molar-refractivity contribution is 0.0906. The Morgan fingerprint density at radius 1 is 1.10 bits per heavy atom. The molecule has 154 valence electrons. The second-order valence-electron chi connectivity index (χ2n) is 7.36. The molecule has 8 nitrogen and oxygen atoms in total. The third kappa shape index (κ3) is 3.62. The Hall–Kier alpha value is -3.36. The van der Waals surface area contributed by atoms with Crippen molar-refractivity contribution in [2.24, 2.45) is 0 Å². The maximum atomic E-state index is 13.0. The monoisotopic (exact) mass is 405 g/mol. The van der Waals surface area contributed by atoms with Crippen LogP contribution in [0.25, 0.3) is 32.8 Å². The highest BCUT2D eigenvalue weighted by Crippen LogP contribution is 2.30. The third-order valence-corrected chi connectivity index (χ3v) is 4.92. The molecule has 2 heterocycles. The number of aliphatic hydroxyl groups excluding tert-OH is 1. The minimum absolute atomic E-state index is 0.152. The number of para-hydroxylation sites is 1. The lowest BCUT2D eigenvalue weighted by Gasteiger charge is -2.20. The Bertz CT molecular complexity index is 1240. The minimum Gasteiger partial charge on any atom is -0.481 e. The zero-order chi connectivity index (χ0) is 21.3. The Morgan fingerprint density at radius 2 is 1.90 bits per heavy atom. The zero-order valence-corrected chi connectivity index (χ0v) is 17.1. The van der Waals surface area contributed by atoms with Crippen LogP contribution in [0, 0.1) is 0 Å². The zero-order valence-electron chi connectivity index (χ0n) is 17.1. The standard InChI is InChI=1S/C22H23N5O3/c1-27(2)11-13(12-28)24-21(29)16-5-4-6-17-20(16)26-19-14-9-10-23-22(30-3)15(14)7-8-18(19)25-17/h4-10,13,28H,11-12H2,1-3H3,(H,24,29)/t13-/m0/s1. The van der Waals surface area contributed by atoms with E-state index in [4.69, 9.17) is 14.7 Å². The van der Waals surface area contributed by atoms with Crippen LogP contribution >= 0.6 is 0 Å². The molecule has 2 N–H and O–H groups in total. The van der Waals surface area contributed by atoms with E-state index in [1.165, 1.54) is 0 Å². The van der Waals surface area contributed by atoms with Crippen LogP contribution in [0.5, 0.6) is 5.88 Å². The normalized spacial score (nSPS) is 12.6. The smallest absolute Gasteiger partial charge is 0.253 e. The van der Waals surface area contributed by atoms with Crippen molar-refractivity contribution in [3.8, 4) is 5.88 Å². The summed E-state index contributed by atoms with van der Waals surface area (Å²) in [5.74, 6) is 0.214. The van der Waals surface area contributed by atoms with Crippen molar-refractivity contribution < 1.29 is 14.6 Å². The number of likely N-dealkylation sites (N-methyl/N-ethyl adjacent to an activating group) is 1. The molecule has 2 aromatic heterocycles. The number of aliphatic hydroxyl groups is 1. The van der Waals surface area contributed by atoms with Crippen molar-refractivity contribution in [2.75, 3.05) is 34.4 Å².